The molecule has 0 fully saturated rings. The van der Waals surface area contributed by atoms with Gasteiger partial charge in [0.2, 0.25) is 11.6 Å². The minimum atomic E-state index is -0.646. The van der Waals surface area contributed by atoms with Gasteiger partial charge in [-0.15, -0.1) is 0 Å². The second-order valence-corrected chi connectivity index (χ2v) is 6.35. The maximum absolute atomic E-state index is 12.4. The summed E-state index contributed by atoms with van der Waals surface area (Å²) in [6.07, 6.45) is 1.14. The van der Waals surface area contributed by atoms with E-state index >= 15 is 0 Å². The summed E-state index contributed by atoms with van der Waals surface area (Å²) in [5, 5.41) is 5.40. The first-order valence-electron chi connectivity index (χ1n) is 9.65. The molecular formula is C21H22N6O7. The maximum Gasteiger partial charge on any atom is 0.325 e. The predicted octanol–water partition coefficient (Wildman–Crippen LogP) is 2.62. The fourth-order valence-corrected chi connectivity index (χ4v) is 2.74. The van der Waals surface area contributed by atoms with Crippen LogP contribution >= 0.6 is 0 Å². The molecule has 3 N–H and O–H groups in total. The molecule has 178 valence electrons. The number of methoxy groups -OCH3 is 3. The highest BCUT2D eigenvalue weighted by Gasteiger charge is 2.15. The molecule has 0 spiro atoms. The summed E-state index contributed by atoms with van der Waals surface area (Å²) >= 11 is 0. The molecule has 34 heavy (non-hydrogen) atoms. The Kier molecular flexibility index (Phi) is 7.97. The fourth-order valence-electron chi connectivity index (χ4n) is 2.74. The maximum atomic E-state index is 12.4. The van der Waals surface area contributed by atoms with E-state index in [4.69, 9.17) is 18.9 Å². The first kappa shape index (κ1) is 24.0. The minimum absolute atomic E-state index is 0.0860. The number of nitrogens with zero attached hydrogens (tertiary/aromatic N) is 3. The summed E-state index contributed by atoms with van der Waals surface area (Å²) in [6, 6.07) is 9.04. The second kappa shape index (κ2) is 11.3. The van der Waals surface area contributed by atoms with Gasteiger partial charge in [0.1, 0.15) is 12.1 Å². The molecule has 1 aromatic heterocycles. The van der Waals surface area contributed by atoms with E-state index in [9.17, 15) is 9.59 Å². The van der Waals surface area contributed by atoms with Gasteiger partial charge >= 0.3 is 17.9 Å². The average Bonchev–Trinajstić information content (AvgIpc) is 2.84. The van der Waals surface area contributed by atoms with Crippen molar-refractivity contribution in [2.24, 2.45) is 0 Å². The van der Waals surface area contributed by atoms with Crippen LogP contribution in [0.5, 0.6) is 29.0 Å². The lowest BCUT2D eigenvalue weighted by Gasteiger charge is -2.15. The molecule has 0 atom stereocenters. The van der Waals surface area contributed by atoms with Crippen LogP contribution in [0, 0.1) is 0 Å². The van der Waals surface area contributed by atoms with Crippen molar-refractivity contribution in [1.82, 2.24) is 20.4 Å². The van der Waals surface area contributed by atoms with Gasteiger partial charge in [0.25, 0.3) is 0 Å². The molecule has 0 aliphatic rings. The van der Waals surface area contributed by atoms with E-state index in [-0.39, 0.29) is 11.8 Å². The van der Waals surface area contributed by atoms with Crippen LogP contribution in [-0.2, 0) is 4.84 Å². The van der Waals surface area contributed by atoms with Crippen molar-refractivity contribution in [2.45, 2.75) is 0 Å². The topological polar surface area (TPSA) is 155 Å². The first-order valence-corrected chi connectivity index (χ1v) is 9.65. The Morgan fingerprint density at radius 2 is 1.47 bits per heavy atom. The summed E-state index contributed by atoms with van der Waals surface area (Å²) in [7, 11) is 5.75. The molecule has 0 radical (unpaired) electrons. The number of rotatable bonds is 9. The number of hydroxylamine groups is 1. The molecule has 0 saturated carbocycles. The number of anilines is 2. The zero-order chi connectivity index (χ0) is 24.5. The molecule has 0 bridgehead atoms. The molecule has 2 aromatic carbocycles. The van der Waals surface area contributed by atoms with Gasteiger partial charge < -0.3 is 29.6 Å². The van der Waals surface area contributed by atoms with E-state index in [1.807, 2.05) is 0 Å². The van der Waals surface area contributed by atoms with E-state index in [0.717, 1.165) is 6.33 Å². The minimum Gasteiger partial charge on any atom is -0.493 e. The third-order valence-electron chi connectivity index (χ3n) is 4.19. The zero-order valence-electron chi connectivity index (χ0n) is 18.7. The van der Waals surface area contributed by atoms with E-state index in [2.05, 4.69) is 35.9 Å². The molecule has 3 amide bonds. The molecule has 0 unspecified atom stereocenters. The van der Waals surface area contributed by atoms with E-state index in [1.54, 1.807) is 36.4 Å². The Hall–Kier alpha value is -4.65. The van der Waals surface area contributed by atoms with Crippen molar-refractivity contribution in [2.75, 3.05) is 39.1 Å². The molecule has 1 heterocycles. The monoisotopic (exact) mass is 470 g/mol. The van der Waals surface area contributed by atoms with Crippen molar-refractivity contribution < 1.29 is 33.4 Å². The van der Waals surface area contributed by atoms with E-state index < -0.39 is 11.9 Å². The third-order valence-corrected chi connectivity index (χ3v) is 4.19. The van der Waals surface area contributed by atoms with Crippen LogP contribution in [0.2, 0.25) is 0 Å². The molecule has 13 heteroatoms. The highest BCUT2D eigenvalue weighted by Crippen LogP contribution is 2.39. The number of nitrogens with one attached hydrogen (secondary N) is 3. The van der Waals surface area contributed by atoms with Gasteiger partial charge in [-0.05, 0) is 24.3 Å². The molecule has 0 aliphatic carbocycles. The number of aromatic nitrogens is 3. The van der Waals surface area contributed by atoms with Gasteiger partial charge in [0.05, 0.1) is 34.1 Å². The van der Waals surface area contributed by atoms with Gasteiger partial charge in [0.15, 0.2) is 11.5 Å². The van der Waals surface area contributed by atoms with E-state index in [1.165, 1.54) is 28.4 Å². The van der Waals surface area contributed by atoms with Crippen molar-refractivity contribution in [1.29, 1.82) is 0 Å². The lowest BCUT2D eigenvalue weighted by Crippen LogP contribution is -2.24. The number of amides is 3. The first-order chi connectivity index (χ1) is 16.5. The Bertz CT molecular complexity index is 1130. The van der Waals surface area contributed by atoms with Crippen LogP contribution in [0.1, 0.15) is 10.6 Å². The summed E-state index contributed by atoms with van der Waals surface area (Å²) < 4.78 is 21.4. The smallest absolute Gasteiger partial charge is 0.325 e. The van der Waals surface area contributed by atoms with Crippen molar-refractivity contribution in [3.63, 3.8) is 0 Å². The van der Waals surface area contributed by atoms with Gasteiger partial charge in [-0.25, -0.2) is 15.3 Å². The predicted molar refractivity (Wildman–Crippen MR) is 120 cm³/mol. The number of urea groups is 1. The summed E-state index contributed by atoms with van der Waals surface area (Å²) in [5.74, 6) is 0.775. The molecule has 0 aliphatic heterocycles. The summed E-state index contributed by atoms with van der Waals surface area (Å²) in [4.78, 5) is 40.2. The van der Waals surface area contributed by atoms with Crippen molar-refractivity contribution in [3.8, 4) is 29.0 Å². The lowest BCUT2D eigenvalue weighted by atomic mass is 10.2. The normalized spacial score (nSPS) is 10.1. The van der Waals surface area contributed by atoms with Crippen LogP contribution in [0.25, 0.3) is 0 Å². The summed E-state index contributed by atoms with van der Waals surface area (Å²) in [5.41, 5.74) is 3.03. The highest BCUT2D eigenvalue weighted by molar-refractivity contribution is 6.00. The summed E-state index contributed by atoms with van der Waals surface area (Å²) in [6.45, 7) is 0. The number of carbonyl (C=O) groups excluding carboxylic acids is 2. The van der Waals surface area contributed by atoms with Crippen molar-refractivity contribution >= 4 is 23.3 Å². The van der Waals surface area contributed by atoms with Gasteiger partial charge in [-0.1, -0.05) is 0 Å². The largest absolute Gasteiger partial charge is 0.493 e. The lowest BCUT2D eigenvalue weighted by molar-refractivity contribution is 0.0525. The molecule has 3 aromatic rings. The Morgan fingerprint density at radius 1 is 0.824 bits per heavy atom. The fraction of sp³-hybridized carbons (Fsp3) is 0.190. The zero-order valence-corrected chi connectivity index (χ0v) is 18.7. The average molecular weight is 470 g/mol. The number of benzene rings is 2. The SMILES string of the molecule is CONC(=O)c1ncnc(Oc2ccc(NC(=O)Nc3cc(OC)c(OC)c(OC)c3)cc2)n1. The number of carbonyl (C=O) groups is 2. The van der Waals surface area contributed by atoms with Crippen LogP contribution < -0.4 is 35.1 Å². The van der Waals surface area contributed by atoms with Gasteiger partial charge in [-0.3, -0.25) is 9.63 Å². The van der Waals surface area contributed by atoms with Crippen LogP contribution in [0.3, 0.4) is 0 Å². The molecular weight excluding hydrogens is 448 g/mol. The Labute approximate surface area is 194 Å². The number of hydrogen-bond donors (Lipinski definition) is 3. The quantitative estimate of drug-likeness (QED) is 0.397. The molecule has 13 nitrogen and oxygen atoms in total. The van der Waals surface area contributed by atoms with Crippen molar-refractivity contribution in [3.05, 3.63) is 48.5 Å². The van der Waals surface area contributed by atoms with Crippen LogP contribution in [0.15, 0.2) is 42.7 Å². The number of hydrogen-bond acceptors (Lipinski definition) is 10. The van der Waals surface area contributed by atoms with E-state index in [0.29, 0.717) is 34.4 Å². The molecule has 3 rings (SSSR count). The highest BCUT2D eigenvalue weighted by atomic mass is 16.6. The Morgan fingerprint density at radius 3 is 2.06 bits per heavy atom. The Balaban J connectivity index is 1.63. The standard InChI is InChI=1S/C21H22N6O7/c1-30-15-9-13(10-16(31-2)17(15)32-3)25-20(29)24-12-5-7-14(8-6-12)34-21-23-11-22-18(26-21)19(28)27-33-4/h5-11H,1-4H3,(H,27,28)(H2,24,25,29). The molecule has 0 saturated heterocycles. The van der Waals surface area contributed by atoms with Crippen LogP contribution in [0.4, 0.5) is 16.2 Å². The number of ether oxygens (including phenoxy) is 4. The second-order valence-electron chi connectivity index (χ2n) is 6.35. The third kappa shape index (κ3) is 5.98. The van der Waals surface area contributed by atoms with Crippen LogP contribution in [-0.4, -0.2) is 55.3 Å². The van der Waals surface area contributed by atoms with Gasteiger partial charge in [-0.2, -0.15) is 9.97 Å². The van der Waals surface area contributed by atoms with Gasteiger partial charge in [0, 0.05) is 17.8 Å².